The minimum Gasteiger partial charge on any atom is -0.382 e. The van der Waals surface area contributed by atoms with Crippen LogP contribution in [0.4, 0.5) is 10.1 Å². The van der Waals surface area contributed by atoms with Crippen LogP contribution in [0.15, 0.2) is 30.4 Å². The van der Waals surface area contributed by atoms with Crippen LogP contribution >= 0.6 is 0 Å². The van der Waals surface area contributed by atoms with E-state index in [1.165, 1.54) is 12.8 Å². The molecule has 1 nitrogen and oxygen atoms in total. The summed E-state index contributed by atoms with van der Waals surface area (Å²) in [6.07, 6.45) is 7.02. The zero-order chi connectivity index (χ0) is 11.1. The number of rotatable bonds is 2. The molecule has 0 heterocycles. The van der Waals surface area contributed by atoms with Crippen molar-refractivity contribution in [1.82, 2.24) is 0 Å². The minimum absolute atomic E-state index is 0.122. The Hall–Kier alpha value is -1.31. The van der Waals surface area contributed by atoms with E-state index in [2.05, 4.69) is 17.5 Å². The van der Waals surface area contributed by atoms with E-state index in [4.69, 9.17) is 0 Å². The van der Waals surface area contributed by atoms with E-state index in [0.29, 0.717) is 17.5 Å². The summed E-state index contributed by atoms with van der Waals surface area (Å²) in [5.74, 6) is 1.39. The van der Waals surface area contributed by atoms with Crippen molar-refractivity contribution >= 4 is 5.69 Å². The fraction of sp³-hybridized carbons (Fsp3) is 0.429. The van der Waals surface area contributed by atoms with Gasteiger partial charge in [-0.3, -0.25) is 0 Å². The number of anilines is 1. The van der Waals surface area contributed by atoms with Crippen LogP contribution in [0.1, 0.15) is 18.4 Å². The van der Waals surface area contributed by atoms with Crippen LogP contribution in [0.5, 0.6) is 0 Å². The second kappa shape index (κ2) is 3.62. The molecule has 3 rings (SSSR count). The van der Waals surface area contributed by atoms with E-state index < -0.39 is 0 Å². The minimum atomic E-state index is -0.122. The number of nitrogens with one attached hydrogen (secondary N) is 1. The molecule has 16 heavy (non-hydrogen) atoms. The average molecular weight is 217 g/mol. The molecule has 2 aliphatic carbocycles. The molecular formula is C14H16FN. The first-order valence-corrected chi connectivity index (χ1v) is 5.93. The monoisotopic (exact) mass is 217 g/mol. The maximum Gasteiger partial charge on any atom is 0.128 e. The molecular weight excluding hydrogens is 201 g/mol. The molecule has 0 radical (unpaired) electrons. The lowest BCUT2D eigenvalue weighted by Gasteiger charge is -2.41. The summed E-state index contributed by atoms with van der Waals surface area (Å²) in [6, 6.07) is 5.90. The van der Waals surface area contributed by atoms with E-state index in [9.17, 15) is 4.39 Å². The van der Waals surface area contributed by atoms with Crippen molar-refractivity contribution in [2.24, 2.45) is 11.8 Å². The Balaban J connectivity index is 1.70. The highest BCUT2D eigenvalue weighted by Crippen LogP contribution is 2.44. The number of hydrogen-bond donors (Lipinski definition) is 1. The van der Waals surface area contributed by atoms with Crippen LogP contribution in [0, 0.1) is 24.6 Å². The predicted octanol–water partition coefficient (Wildman–Crippen LogP) is 3.51. The van der Waals surface area contributed by atoms with Crippen molar-refractivity contribution in [2.45, 2.75) is 25.8 Å². The van der Waals surface area contributed by atoms with Gasteiger partial charge in [0.05, 0.1) is 0 Å². The molecule has 1 saturated carbocycles. The normalized spacial score (nSPS) is 31.0. The van der Waals surface area contributed by atoms with Gasteiger partial charge in [-0.25, -0.2) is 4.39 Å². The van der Waals surface area contributed by atoms with Crippen molar-refractivity contribution in [3.63, 3.8) is 0 Å². The molecule has 0 aliphatic heterocycles. The molecule has 0 amide bonds. The maximum absolute atomic E-state index is 13.4. The lowest BCUT2D eigenvalue weighted by molar-refractivity contribution is 0.218. The van der Waals surface area contributed by atoms with Crippen LogP contribution in [-0.2, 0) is 0 Å². The van der Waals surface area contributed by atoms with E-state index in [1.54, 1.807) is 13.0 Å². The summed E-state index contributed by atoms with van der Waals surface area (Å²) in [6.45, 7) is 1.79. The third-order valence-corrected chi connectivity index (χ3v) is 3.89. The van der Waals surface area contributed by atoms with Crippen molar-refractivity contribution < 1.29 is 4.39 Å². The van der Waals surface area contributed by atoms with Gasteiger partial charge < -0.3 is 5.32 Å². The second-order valence-electron chi connectivity index (χ2n) is 4.95. The molecule has 0 spiro atoms. The Morgan fingerprint density at radius 2 is 2.25 bits per heavy atom. The SMILES string of the molecule is Cc1ccc(NC2CC3CC=CC32)cc1F. The van der Waals surface area contributed by atoms with E-state index >= 15 is 0 Å². The largest absolute Gasteiger partial charge is 0.382 e. The van der Waals surface area contributed by atoms with Crippen molar-refractivity contribution in [3.8, 4) is 0 Å². The molecule has 2 aliphatic rings. The van der Waals surface area contributed by atoms with Gasteiger partial charge >= 0.3 is 0 Å². The first-order chi connectivity index (χ1) is 7.74. The van der Waals surface area contributed by atoms with Crippen molar-refractivity contribution in [2.75, 3.05) is 5.32 Å². The Kier molecular flexibility index (Phi) is 2.23. The molecule has 0 saturated heterocycles. The Labute approximate surface area is 95.4 Å². The standard InChI is InChI=1S/C14H16FN/c1-9-5-6-11(8-13(9)15)16-14-7-10-3-2-4-12(10)14/h2,4-6,8,10,12,14,16H,3,7H2,1H3. The summed E-state index contributed by atoms with van der Waals surface area (Å²) < 4.78 is 13.4. The molecule has 1 aromatic rings. The van der Waals surface area contributed by atoms with Gasteiger partial charge in [-0.05, 0) is 43.4 Å². The number of fused-ring (bicyclic) bond motifs is 1. The Morgan fingerprint density at radius 3 is 3.00 bits per heavy atom. The van der Waals surface area contributed by atoms with Gasteiger partial charge in [0.1, 0.15) is 5.82 Å². The van der Waals surface area contributed by atoms with E-state index in [-0.39, 0.29) is 5.82 Å². The zero-order valence-corrected chi connectivity index (χ0v) is 9.41. The Bertz CT molecular complexity index is 438. The quantitative estimate of drug-likeness (QED) is 0.747. The molecule has 3 atom stereocenters. The van der Waals surface area contributed by atoms with Gasteiger partial charge in [0.15, 0.2) is 0 Å². The summed E-state index contributed by atoms with van der Waals surface area (Å²) in [7, 11) is 0. The smallest absolute Gasteiger partial charge is 0.128 e. The summed E-state index contributed by atoms with van der Waals surface area (Å²) in [5, 5.41) is 3.43. The second-order valence-corrected chi connectivity index (χ2v) is 4.95. The van der Waals surface area contributed by atoms with Crippen LogP contribution < -0.4 is 5.32 Å². The van der Waals surface area contributed by atoms with Crippen LogP contribution in [0.25, 0.3) is 0 Å². The highest BCUT2D eigenvalue weighted by molar-refractivity contribution is 5.47. The third kappa shape index (κ3) is 1.53. The van der Waals surface area contributed by atoms with Gasteiger partial charge in [0.25, 0.3) is 0 Å². The molecule has 1 N–H and O–H groups in total. The first kappa shape index (κ1) is 9.88. The predicted molar refractivity (Wildman–Crippen MR) is 63.9 cm³/mol. The maximum atomic E-state index is 13.4. The highest BCUT2D eigenvalue weighted by Gasteiger charge is 2.40. The molecule has 2 heteroatoms. The molecule has 1 fully saturated rings. The van der Waals surface area contributed by atoms with Crippen LogP contribution in [-0.4, -0.2) is 6.04 Å². The van der Waals surface area contributed by atoms with Gasteiger partial charge in [-0.15, -0.1) is 0 Å². The number of allylic oxidation sites excluding steroid dienone is 1. The average Bonchev–Trinajstić information content (AvgIpc) is 2.61. The number of aryl methyl sites for hydroxylation is 1. The fourth-order valence-electron chi connectivity index (χ4n) is 2.78. The Morgan fingerprint density at radius 1 is 1.38 bits per heavy atom. The summed E-state index contributed by atoms with van der Waals surface area (Å²) in [4.78, 5) is 0. The van der Waals surface area contributed by atoms with E-state index in [0.717, 1.165) is 11.6 Å². The molecule has 84 valence electrons. The number of halogens is 1. The number of benzene rings is 1. The number of hydrogen-bond acceptors (Lipinski definition) is 1. The molecule has 0 bridgehead atoms. The first-order valence-electron chi connectivity index (χ1n) is 5.93. The van der Waals surface area contributed by atoms with Gasteiger partial charge in [-0.1, -0.05) is 18.2 Å². The molecule has 1 aromatic carbocycles. The molecule has 0 aromatic heterocycles. The van der Waals surface area contributed by atoms with Crippen LogP contribution in [0.2, 0.25) is 0 Å². The van der Waals surface area contributed by atoms with Crippen molar-refractivity contribution in [3.05, 3.63) is 41.7 Å². The van der Waals surface area contributed by atoms with E-state index in [1.807, 2.05) is 12.1 Å². The lowest BCUT2D eigenvalue weighted by Crippen LogP contribution is -2.43. The van der Waals surface area contributed by atoms with Crippen LogP contribution in [0.3, 0.4) is 0 Å². The lowest BCUT2D eigenvalue weighted by atomic mass is 9.71. The summed E-state index contributed by atoms with van der Waals surface area (Å²) in [5.41, 5.74) is 1.62. The summed E-state index contributed by atoms with van der Waals surface area (Å²) >= 11 is 0. The topological polar surface area (TPSA) is 12.0 Å². The van der Waals surface area contributed by atoms with Crippen molar-refractivity contribution in [1.29, 1.82) is 0 Å². The molecule has 3 unspecified atom stereocenters. The van der Waals surface area contributed by atoms with Gasteiger partial charge in [-0.2, -0.15) is 0 Å². The fourth-order valence-corrected chi connectivity index (χ4v) is 2.78. The van der Waals surface area contributed by atoms with Gasteiger partial charge in [0, 0.05) is 17.6 Å². The third-order valence-electron chi connectivity index (χ3n) is 3.89. The highest BCUT2D eigenvalue weighted by atomic mass is 19.1. The van der Waals surface area contributed by atoms with Gasteiger partial charge in [0.2, 0.25) is 0 Å². The zero-order valence-electron chi connectivity index (χ0n) is 9.41.